The summed E-state index contributed by atoms with van der Waals surface area (Å²) in [5.41, 5.74) is -1.73. The number of halogens is 3. The fourth-order valence-corrected chi connectivity index (χ4v) is 5.04. The van der Waals surface area contributed by atoms with Crippen molar-refractivity contribution in [2.75, 3.05) is 0 Å². The first-order valence-electron chi connectivity index (χ1n) is 8.73. The van der Waals surface area contributed by atoms with Crippen LogP contribution in [0.3, 0.4) is 0 Å². The van der Waals surface area contributed by atoms with Gasteiger partial charge in [-0.25, -0.2) is 17.4 Å². The Hall–Kier alpha value is -3.04. The first kappa shape index (κ1) is 20.2. The first-order chi connectivity index (χ1) is 14.0. The SMILES string of the molecule is Cc1ccc(C2(c3ccc(C)c(O)c3)OS(=O)(=O)c3c2cc(F)c(F)c3F)cc1O. The predicted octanol–water partition coefficient (Wildman–Crippen LogP) is 4.14. The molecule has 3 aromatic carbocycles. The lowest BCUT2D eigenvalue weighted by atomic mass is 9.79. The Labute approximate surface area is 170 Å². The Morgan fingerprint density at radius 2 is 1.33 bits per heavy atom. The van der Waals surface area contributed by atoms with Crippen LogP contribution in [0.2, 0.25) is 0 Å². The lowest BCUT2D eigenvalue weighted by Crippen LogP contribution is -2.29. The number of hydrogen-bond donors (Lipinski definition) is 2. The fourth-order valence-electron chi connectivity index (χ4n) is 3.57. The largest absolute Gasteiger partial charge is 0.508 e. The Balaban J connectivity index is 2.19. The van der Waals surface area contributed by atoms with Gasteiger partial charge in [0, 0.05) is 5.56 Å². The molecule has 1 aliphatic rings. The van der Waals surface area contributed by atoms with E-state index in [0.29, 0.717) is 17.2 Å². The molecule has 0 amide bonds. The van der Waals surface area contributed by atoms with E-state index in [1.807, 2.05) is 0 Å². The van der Waals surface area contributed by atoms with Gasteiger partial charge >= 0.3 is 10.1 Å². The minimum atomic E-state index is -4.87. The van der Waals surface area contributed by atoms with E-state index in [4.69, 9.17) is 4.18 Å². The number of phenolic OH excluding ortho intramolecular Hbond substituents is 2. The van der Waals surface area contributed by atoms with E-state index in [-0.39, 0.29) is 22.6 Å². The van der Waals surface area contributed by atoms with Gasteiger partial charge in [-0.1, -0.05) is 24.3 Å². The van der Waals surface area contributed by atoms with E-state index in [9.17, 15) is 31.8 Å². The molecule has 0 atom stereocenters. The maximum absolute atomic E-state index is 14.5. The van der Waals surface area contributed by atoms with Crippen molar-refractivity contribution < 1.29 is 36.0 Å². The Bertz CT molecular complexity index is 1270. The molecule has 1 aliphatic heterocycles. The molecule has 2 N–H and O–H groups in total. The van der Waals surface area contributed by atoms with E-state index < -0.39 is 43.6 Å². The molecule has 156 valence electrons. The molecule has 1 heterocycles. The summed E-state index contributed by atoms with van der Waals surface area (Å²) in [7, 11) is -4.87. The zero-order valence-electron chi connectivity index (χ0n) is 15.7. The van der Waals surface area contributed by atoms with E-state index in [2.05, 4.69) is 0 Å². The second-order valence-electron chi connectivity index (χ2n) is 7.08. The zero-order chi connectivity index (χ0) is 22.0. The summed E-state index contributed by atoms with van der Waals surface area (Å²) in [5.74, 6) is -5.90. The Kier molecular flexibility index (Phi) is 4.37. The van der Waals surface area contributed by atoms with Crippen molar-refractivity contribution in [3.05, 3.63) is 87.7 Å². The number of benzene rings is 3. The van der Waals surface area contributed by atoms with Gasteiger partial charge in [0.25, 0.3) is 0 Å². The van der Waals surface area contributed by atoms with Gasteiger partial charge in [0.2, 0.25) is 0 Å². The summed E-state index contributed by atoms with van der Waals surface area (Å²) in [5, 5.41) is 20.4. The average molecular weight is 436 g/mol. The van der Waals surface area contributed by atoms with Crippen LogP contribution in [-0.2, 0) is 19.9 Å². The molecule has 0 fully saturated rings. The number of fused-ring (bicyclic) bond motifs is 1. The molecular formula is C21H15F3O5S. The Morgan fingerprint density at radius 3 is 1.80 bits per heavy atom. The summed E-state index contributed by atoms with van der Waals surface area (Å²) < 4.78 is 73.4. The van der Waals surface area contributed by atoms with E-state index >= 15 is 0 Å². The van der Waals surface area contributed by atoms with E-state index in [1.165, 1.54) is 36.4 Å². The van der Waals surface area contributed by atoms with Gasteiger partial charge < -0.3 is 10.2 Å². The van der Waals surface area contributed by atoms with Crippen LogP contribution in [-0.4, -0.2) is 18.6 Å². The second-order valence-corrected chi connectivity index (χ2v) is 8.57. The van der Waals surface area contributed by atoms with Crippen molar-refractivity contribution in [1.82, 2.24) is 0 Å². The number of aryl methyl sites for hydroxylation is 2. The first-order valence-corrected chi connectivity index (χ1v) is 10.1. The third kappa shape index (κ3) is 2.69. The van der Waals surface area contributed by atoms with Crippen LogP contribution in [0.15, 0.2) is 47.4 Å². The van der Waals surface area contributed by atoms with Crippen LogP contribution in [0.4, 0.5) is 13.2 Å². The zero-order valence-corrected chi connectivity index (χ0v) is 16.5. The standard InChI is InChI=1S/C21H15F3O5S/c1-10-3-5-12(7-16(10)25)21(13-6-4-11(2)17(26)8-13)14-9-15(22)18(23)19(24)20(14)30(27,28)29-21/h3-9,25-26H,1-2H3. The summed E-state index contributed by atoms with van der Waals surface area (Å²) in [4.78, 5) is -1.14. The van der Waals surface area contributed by atoms with Gasteiger partial charge in [-0.15, -0.1) is 0 Å². The van der Waals surface area contributed by atoms with Gasteiger partial charge in [0.1, 0.15) is 16.4 Å². The summed E-state index contributed by atoms with van der Waals surface area (Å²) >= 11 is 0. The lowest BCUT2D eigenvalue weighted by molar-refractivity contribution is 0.178. The summed E-state index contributed by atoms with van der Waals surface area (Å²) in [6.45, 7) is 3.19. The fraction of sp³-hybridized carbons (Fsp3) is 0.143. The molecule has 0 saturated heterocycles. The van der Waals surface area contributed by atoms with Crippen molar-refractivity contribution in [1.29, 1.82) is 0 Å². The van der Waals surface area contributed by atoms with E-state index in [1.54, 1.807) is 13.8 Å². The molecule has 0 radical (unpaired) electrons. The molecule has 9 heteroatoms. The van der Waals surface area contributed by atoms with Crippen LogP contribution in [0.25, 0.3) is 0 Å². The minimum absolute atomic E-state index is 0.0154. The molecule has 30 heavy (non-hydrogen) atoms. The molecule has 5 nitrogen and oxygen atoms in total. The molecule has 0 aromatic heterocycles. The molecule has 0 unspecified atom stereocenters. The third-order valence-corrected chi connectivity index (χ3v) is 6.58. The topological polar surface area (TPSA) is 83.8 Å². The number of rotatable bonds is 2. The number of aromatic hydroxyl groups is 2. The van der Waals surface area contributed by atoms with Crippen LogP contribution in [0, 0.1) is 31.3 Å². The highest BCUT2D eigenvalue weighted by Gasteiger charge is 2.54. The van der Waals surface area contributed by atoms with Gasteiger partial charge in [-0.2, -0.15) is 8.42 Å². The molecule has 0 spiro atoms. The predicted molar refractivity (Wildman–Crippen MR) is 100 cm³/mol. The van der Waals surface area contributed by atoms with Gasteiger partial charge in [0.15, 0.2) is 23.1 Å². The highest BCUT2D eigenvalue weighted by Crippen LogP contribution is 2.52. The van der Waals surface area contributed by atoms with Gasteiger partial charge in [0.05, 0.1) is 0 Å². The van der Waals surface area contributed by atoms with Gasteiger partial charge in [-0.05, 0) is 54.3 Å². The normalized spacial score (nSPS) is 16.4. The molecule has 0 saturated carbocycles. The summed E-state index contributed by atoms with van der Waals surface area (Å²) in [6.07, 6.45) is 0. The third-order valence-electron chi connectivity index (χ3n) is 5.21. The van der Waals surface area contributed by atoms with Crippen LogP contribution in [0.1, 0.15) is 27.8 Å². The second kappa shape index (κ2) is 6.48. The lowest BCUT2D eigenvalue weighted by Gasteiger charge is -2.30. The Morgan fingerprint density at radius 1 is 0.833 bits per heavy atom. The van der Waals surface area contributed by atoms with Crippen molar-refractivity contribution in [2.24, 2.45) is 0 Å². The van der Waals surface area contributed by atoms with Crippen molar-refractivity contribution >= 4 is 10.1 Å². The van der Waals surface area contributed by atoms with Gasteiger partial charge in [-0.3, -0.25) is 0 Å². The van der Waals surface area contributed by atoms with Crippen LogP contribution in [0.5, 0.6) is 11.5 Å². The highest BCUT2D eigenvalue weighted by atomic mass is 32.2. The van der Waals surface area contributed by atoms with Crippen molar-refractivity contribution in [2.45, 2.75) is 24.3 Å². The van der Waals surface area contributed by atoms with Crippen LogP contribution < -0.4 is 0 Å². The van der Waals surface area contributed by atoms with Crippen LogP contribution >= 0.6 is 0 Å². The molecule has 0 aliphatic carbocycles. The quantitative estimate of drug-likeness (QED) is 0.466. The number of phenols is 2. The maximum Gasteiger partial charge on any atom is 0.301 e. The smallest absolute Gasteiger partial charge is 0.301 e. The monoisotopic (exact) mass is 436 g/mol. The maximum atomic E-state index is 14.5. The minimum Gasteiger partial charge on any atom is -0.508 e. The average Bonchev–Trinajstić information content (AvgIpc) is 2.92. The van der Waals surface area contributed by atoms with Crippen molar-refractivity contribution in [3.8, 4) is 11.5 Å². The van der Waals surface area contributed by atoms with Crippen molar-refractivity contribution in [3.63, 3.8) is 0 Å². The summed E-state index contributed by atoms with van der Waals surface area (Å²) in [6, 6.07) is 8.68. The highest BCUT2D eigenvalue weighted by molar-refractivity contribution is 7.87. The molecule has 0 bridgehead atoms. The van der Waals surface area contributed by atoms with E-state index in [0.717, 1.165) is 0 Å². The molecule has 3 aromatic rings. The molecule has 4 rings (SSSR count). The molecular weight excluding hydrogens is 421 g/mol. The number of hydrogen-bond acceptors (Lipinski definition) is 5.